The number of ether oxygens (including phenoxy) is 12. The van der Waals surface area contributed by atoms with E-state index in [0.717, 1.165) is 22.3 Å². The van der Waals surface area contributed by atoms with Crippen LogP contribution in [-0.4, -0.2) is 107 Å². The lowest BCUT2D eigenvalue weighted by Crippen LogP contribution is -2.66. The van der Waals surface area contributed by atoms with Gasteiger partial charge in [-0.25, -0.2) is 0 Å². The van der Waals surface area contributed by atoms with Crippen LogP contribution < -0.4 is 4.74 Å². The second kappa shape index (κ2) is 24.0. The predicted octanol–water partition coefficient (Wildman–Crippen LogP) is 5.88. The SMILES string of the molecule is COc1ccc(COC[C@H]2O[C@@H](OC)[C@H](OCc3ccccc3)[C@@H](OCc3ccccc3)[C@@H]2O[C@@H]2O[C@H](COC(C)=O)[C@@H](OC(C)=O)[C@H](OCc3ccccc3)[C@@H]2OC(C)=O)cc1. The molecule has 338 valence electrons. The summed E-state index contributed by atoms with van der Waals surface area (Å²) in [6.45, 7) is 3.86. The van der Waals surface area contributed by atoms with Crippen LogP contribution in [-0.2, 0) is 92.9 Å². The van der Waals surface area contributed by atoms with Crippen molar-refractivity contribution in [2.75, 3.05) is 27.4 Å². The molecule has 4 aromatic carbocycles. The zero-order valence-corrected chi connectivity index (χ0v) is 36.1. The fourth-order valence-electron chi connectivity index (χ4n) is 7.36. The van der Waals surface area contributed by atoms with Gasteiger partial charge in [-0.05, 0) is 34.4 Å². The highest BCUT2D eigenvalue weighted by Gasteiger charge is 2.56. The lowest BCUT2D eigenvalue weighted by atomic mass is 9.95. The molecule has 2 heterocycles. The second-order valence-corrected chi connectivity index (χ2v) is 15.0. The molecule has 4 aromatic rings. The largest absolute Gasteiger partial charge is 0.497 e. The third kappa shape index (κ3) is 13.9. The Bertz CT molecular complexity index is 1980. The van der Waals surface area contributed by atoms with Crippen LogP contribution in [0.15, 0.2) is 115 Å². The highest BCUT2D eigenvalue weighted by Crippen LogP contribution is 2.36. The van der Waals surface area contributed by atoms with E-state index in [9.17, 15) is 14.4 Å². The molecule has 0 N–H and O–H groups in total. The first-order valence-electron chi connectivity index (χ1n) is 20.8. The van der Waals surface area contributed by atoms with Gasteiger partial charge in [-0.2, -0.15) is 0 Å². The van der Waals surface area contributed by atoms with Crippen LogP contribution in [0.25, 0.3) is 0 Å². The second-order valence-electron chi connectivity index (χ2n) is 15.0. The van der Waals surface area contributed by atoms with E-state index in [1.165, 1.54) is 27.9 Å². The highest BCUT2D eigenvalue weighted by atomic mass is 16.8. The summed E-state index contributed by atoms with van der Waals surface area (Å²) in [5.74, 6) is -1.26. The molecule has 2 aliphatic heterocycles. The van der Waals surface area contributed by atoms with Crippen LogP contribution in [0.1, 0.15) is 43.0 Å². The van der Waals surface area contributed by atoms with E-state index < -0.39 is 79.3 Å². The molecular weight excluding hydrogens is 817 g/mol. The fourth-order valence-corrected chi connectivity index (χ4v) is 7.36. The zero-order valence-electron chi connectivity index (χ0n) is 36.1. The Balaban J connectivity index is 1.40. The van der Waals surface area contributed by atoms with Gasteiger partial charge in [0.25, 0.3) is 0 Å². The van der Waals surface area contributed by atoms with E-state index in [-0.39, 0.29) is 39.6 Å². The predicted molar refractivity (Wildman–Crippen MR) is 225 cm³/mol. The molecule has 15 heteroatoms. The van der Waals surface area contributed by atoms with Gasteiger partial charge in [-0.3, -0.25) is 14.4 Å². The smallest absolute Gasteiger partial charge is 0.303 e. The first kappa shape index (κ1) is 47.3. The normalized spacial score (nSPS) is 25.7. The molecule has 10 atom stereocenters. The Morgan fingerprint density at radius 2 is 0.937 bits per heavy atom. The van der Waals surface area contributed by atoms with E-state index in [1.54, 1.807) is 7.11 Å². The van der Waals surface area contributed by atoms with E-state index in [4.69, 9.17) is 56.8 Å². The molecule has 2 fully saturated rings. The number of benzene rings is 4. The summed E-state index contributed by atoms with van der Waals surface area (Å²) in [5.41, 5.74) is 3.43. The van der Waals surface area contributed by atoms with Crippen LogP contribution in [0.2, 0.25) is 0 Å². The maximum atomic E-state index is 13.0. The van der Waals surface area contributed by atoms with Crippen molar-refractivity contribution in [2.24, 2.45) is 0 Å². The molecule has 2 saturated heterocycles. The van der Waals surface area contributed by atoms with Crippen molar-refractivity contribution in [2.45, 2.75) is 109 Å². The number of carbonyl (C=O) groups is 3. The van der Waals surface area contributed by atoms with Crippen LogP contribution in [0.5, 0.6) is 5.75 Å². The van der Waals surface area contributed by atoms with Crippen LogP contribution >= 0.6 is 0 Å². The summed E-state index contributed by atoms with van der Waals surface area (Å²) in [7, 11) is 3.11. The van der Waals surface area contributed by atoms with Crippen molar-refractivity contribution >= 4 is 17.9 Å². The Morgan fingerprint density at radius 3 is 1.43 bits per heavy atom. The molecule has 0 amide bonds. The van der Waals surface area contributed by atoms with Gasteiger partial charge in [0.1, 0.15) is 49.0 Å². The van der Waals surface area contributed by atoms with E-state index in [0.29, 0.717) is 5.75 Å². The summed E-state index contributed by atoms with van der Waals surface area (Å²) in [5, 5.41) is 0. The highest BCUT2D eigenvalue weighted by molar-refractivity contribution is 5.67. The van der Waals surface area contributed by atoms with Crippen molar-refractivity contribution in [1.82, 2.24) is 0 Å². The summed E-state index contributed by atoms with van der Waals surface area (Å²) < 4.78 is 74.9. The van der Waals surface area contributed by atoms with Gasteiger partial charge in [0.15, 0.2) is 24.8 Å². The minimum atomic E-state index is -1.45. The molecule has 0 spiro atoms. The van der Waals surface area contributed by atoms with E-state index in [1.807, 2.05) is 115 Å². The quantitative estimate of drug-likeness (QED) is 0.0721. The number of carbonyl (C=O) groups excluding carboxylic acids is 3. The third-order valence-electron chi connectivity index (χ3n) is 10.3. The van der Waals surface area contributed by atoms with Gasteiger partial charge in [-0.1, -0.05) is 103 Å². The van der Waals surface area contributed by atoms with Gasteiger partial charge in [0.05, 0.1) is 40.1 Å². The first-order chi connectivity index (χ1) is 30.6. The maximum absolute atomic E-state index is 13.0. The zero-order chi connectivity index (χ0) is 44.6. The molecule has 0 aliphatic carbocycles. The maximum Gasteiger partial charge on any atom is 0.303 e. The number of hydrogen-bond donors (Lipinski definition) is 0. The molecule has 0 bridgehead atoms. The third-order valence-corrected chi connectivity index (χ3v) is 10.3. The van der Waals surface area contributed by atoms with Crippen molar-refractivity contribution < 1.29 is 71.2 Å². The summed E-state index contributed by atoms with van der Waals surface area (Å²) >= 11 is 0. The monoisotopic (exact) mass is 872 g/mol. The Kier molecular flexibility index (Phi) is 18.0. The molecule has 63 heavy (non-hydrogen) atoms. The molecule has 2 aliphatic rings. The lowest BCUT2D eigenvalue weighted by Gasteiger charge is -2.49. The topological polar surface area (TPSA) is 162 Å². The molecule has 0 radical (unpaired) electrons. The Morgan fingerprint density at radius 1 is 0.476 bits per heavy atom. The average Bonchev–Trinajstić information content (AvgIpc) is 3.29. The van der Waals surface area contributed by atoms with Gasteiger partial charge < -0.3 is 56.8 Å². The molecule has 0 unspecified atom stereocenters. The van der Waals surface area contributed by atoms with Crippen LogP contribution in [0, 0.1) is 0 Å². The fraction of sp³-hybridized carbons (Fsp3) is 0.438. The van der Waals surface area contributed by atoms with E-state index in [2.05, 4.69) is 0 Å². The van der Waals surface area contributed by atoms with Gasteiger partial charge in [0, 0.05) is 27.9 Å². The standard InChI is InChI=1S/C48H56O15/c1-31(49)55-30-40-41(59-32(2)50)44(57-27-35-17-11-7-12-18-35)46(60-33(3)51)48(62-40)63-42-39(29-54-25-37-21-23-38(52-4)24-22-37)61-47(53-5)45(58-28-36-19-13-8-14-20-36)43(42)56-26-34-15-9-6-10-16-34/h6-24,39-48H,25-30H2,1-5H3/t39-,40-,41-,42-,43+,44+,45-,46+,47-,48+/m1/s1. The molecule has 15 nitrogen and oxygen atoms in total. The van der Waals surface area contributed by atoms with Crippen LogP contribution in [0.3, 0.4) is 0 Å². The Labute approximate surface area is 367 Å². The van der Waals surface area contributed by atoms with E-state index >= 15 is 0 Å². The summed E-state index contributed by atoms with van der Waals surface area (Å²) in [6, 6.07) is 36.0. The number of hydrogen-bond acceptors (Lipinski definition) is 15. The minimum absolute atomic E-state index is 0.0239. The average molecular weight is 873 g/mol. The van der Waals surface area contributed by atoms with Gasteiger partial charge >= 0.3 is 17.9 Å². The van der Waals surface area contributed by atoms with Gasteiger partial charge in [0.2, 0.25) is 0 Å². The Hall–Kier alpha value is -5.23. The molecule has 0 saturated carbocycles. The van der Waals surface area contributed by atoms with Crippen molar-refractivity contribution in [3.8, 4) is 5.75 Å². The number of esters is 3. The number of methoxy groups -OCH3 is 2. The van der Waals surface area contributed by atoms with Crippen molar-refractivity contribution in [1.29, 1.82) is 0 Å². The minimum Gasteiger partial charge on any atom is -0.497 e. The molecule has 0 aromatic heterocycles. The van der Waals surface area contributed by atoms with Crippen molar-refractivity contribution in [3.63, 3.8) is 0 Å². The molecule has 6 rings (SSSR count). The van der Waals surface area contributed by atoms with Crippen molar-refractivity contribution in [3.05, 3.63) is 138 Å². The number of rotatable bonds is 21. The van der Waals surface area contributed by atoms with Crippen LogP contribution in [0.4, 0.5) is 0 Å². The molecular formula is C48H56O15. The first-order valence-corrected chi connectivity index (χ1v) is 20.8. The summed E-state index contributed by atoms with van der Waals surface area (Å²) in [6.07, 6.45) is -11.1. The summed E-state index contributed by atoms with van der Waals surface area (Å²) in [4.78, 5) is 37.8. The lowest BCUT2D eigenvalue weighted by molar-refractivity contribution is -0.369. The van der Waals surface area contributed by atoms with Gasteiger partial charge in [-0.15, -0.1) is 0 Å².